The zero-order valence-electron chi connectivity index (χ0n) is 18.4. The van der Waals surface area contributed by atoms with E-state index in [9.17, 15) is 9.59 Å². The highest BCUT2D eigenvalue weighted by atomic mass is 16.2. The lowest BCUT2D eigenvalue weighted by Gasteiger charge is -2.22. The Kier molecular flexibility index (Phi) is 5.48. The van der Waals surface area contributed by atoms with Crippen molar-refractivity contribution in [2.75, 3.05) is 10.2 Å². The van der Waals surface area contributed by atoms with Gasteiger partial charge >= 0.3 is 0 Å². The van der Waals surface area contributed by atoms with Gasteiger partial charge in [-0.3, -0.25) is 14.3 Å². The lowest BCUT2D eigenvalue weighted by atomic mass is 10.1. The molecule has 0 atom stereocenters. The molecule has 0 spiro atoms. The molecule has 1 N–H and O–H groups in total. The standard InChI is InChI=1S/C27H24N4O2/c1-19-6-2-3-7-21(19)16-26(32)29-23-12-10-20(11-13-23)27(33)30-18-24-14-15-28-31(24)17-22-8-4-5-9-25(22)30/h2-15H,16-18H2,1H3,(H,29,32). The summed E-state index contributed by atoms with van der Waals surface area (Å²) in [5.41, 5.74) is 6.25. The van der Waals surface area contributed by atoms with E-state index in [4.69, 9.17) is 0 Å². The third-order valence-electron chi connectivity index (χ3n) is 6.00. The number of fused-ring (bicyclic) bond motifs is 2. The number of rotatable bonds is 4. The molecule has 0 saturated heterocycles. The number of nitrogens with zero attached hydrogens (tertiary/aromatic N) is 3. The maximum atomic E-state index is 13.5. The van der Waals surface area contributed by atoms with Gasteiger partial charge in [-0.1, -0.05) is 42.5 Å². The molecule has 0 saturated carbocycles. The molecule has 33 heavy (non-hydrogen) atoms. The van der Waals surface area contributed by atoms with Gasteiger partial charge < -0.3 is 10.2 Å². The molecule has 6 nitrogen and oxygen atoms in total. The lowest BCUT2D eigenvalue weighted by Crippen LogP contribution is -2.30. The molecule has 0 fully saturated rings. The van der Waals surface area contributed by atoms with E-state index in [1.165, 1.54) is 0 Å². The van der Waals surface area contributed by atoms with E-state index in [-0.39, 0.29) is 11.8 Å². The van der Waals surface area contributed by atoms with E-state index >= 15 is 0 Å². The topological polar surface area (TPSA) is 67.2 Å². The van der Waals surface area contributed by atoms with E-state index in [1.807, 2.05) is 66.2 Å². The van der Waals surface area contributed by atoms with E-state index in [0.717, 1.165) is 28.1 Å². The maximum Gasteiger partial charge on any atom is 0.258 e. The second-order valence-electron chi connectivity index (χ2n) is 8.23. The second kappa shape index (κ2) is 8.74. The van der Waals surface area contributed by atoms with Crippen LogP contribution in [-0.2, 0) is 24.3 Å². The molecule has 164 valence electrons. The predicted molar refractivity (Wildman–Crippen MR) is 128 cm³/mol. The smallest absolute Gasteiger partial charge is 0.258 e. The molecule has 0 aliphatic carbocycles. The average molecular weight is 437 g/mol. The summed E-state index contributed by atoms with van der Waals surface area (Å²) in [5.74, 6) is -0.173. The Morgan fingerprint density at radius 3 is 2.48 bits per heavy atom. The first-order valence-electron chi connectivity index (χ1n) is 10.9. The second-order valence-corrected chi connectivity index (χ2v) is 8.23. The predicted octanol–water partition coefficient (Wildman–Crippen LogP) is 4.58. The van der Waals surface area contributed by atoms with Crippen LogP contribution in [-0.4, -0.2) is 21.6 Å². The molecular weight excluding hydrogens is 412 g/mol. The molecule has 2 heterocycles. The first-order valence-corrected chi connectivity index (χ1v) is 10.9. The molecular formula is C27H24N4O2. The number of carbonyl (C=O) groups excluding carboxylic acids is 2. The molecule has 4 aromatic rings. The summed E-state index contributed by atoms with van der Waals surface area (Å²) in [6, 6.07) is 24.8. The number of anilines is 2. The van der Waals surface area contributed by atoms with E-state index in [2.05, 4.69) is 10.4 Å². The number of nitrogens with one attached hydrogen (secondary N) is 1. The molecule has 1 aromatic heterocycles. The van der Waals surface area contributed by atoms with Crippen molar-refractivity contribution in [2.24, 2.45) is 0 Å². The fourth-order valence-corrected chi connectivity index (χ4v) is 4.17. The molecule has 3 aromatic carbocycles. The molecule has 0 bridgehead atoms. The molecule has 1 aliphatic rings. The fraction of sp³-hybridized carbons (Fsp3) is 0.148. The zero-order valence-corrected chi connectivity index (χ0v) is 18.4. The SMILES string of the molecule is Cc1ccccc1CC(=O)Nc1ccc(C(=O)N2Cc3ccnn3Cc3ccccc32)cc1. The van der Waals surface area contributed by atoms with Gasteiger partial charge in [0, 0.05) is 23.1 Å². The summed E-state index contributed by atoms with van der Waals surface area (Å²) in [7, 11) is 0. The van der Waals surface area contributed by atoms with Gasteiger partial charge in [0.15, 0.2) is 0 Å². The van der Waals surface area contributed by atoms with E-state index in [0.29, 0.717) is 30.8 Å². The van der Waals surface area contributed by atoms with Crippen molar-refractivity contribution >= 4 is 23.2 Å². The van der Waals surface area contributed by atoms with E-state index in [1.54, 1.807) is 35.4 Å². The lowest BCUT2D eigenvalue weighted by molar-refractivity contribution is -0.115. The Morgan fingerprint density at radius 2 is 1.67 bits per heavy atom. The van der Waals surface area contributed by atoms with Gasteiger partial charge in [-0.2, -0.15) is 5.10 Å². The summed E-state index contributed by atoms with van der Waals surface area (Å²) in [4.78, 5) is 27.7. The zero-order chi connectivity index (χ0) is 22.8. The molecule has 0 unspecified atom stereocenters. The van der Waals surface area contributed by atoms with Crippen LogP contribution in [0.2, 0.25) is 0 Å². The van der Waals surface area contributed by atoms with Gasteiger partial charge in [-0.15, -0.1) is 0 Å². The summed E-state index contributed by atoms with van der Waals surface area (Å²) >= 11 is 0. The van der Waals surface area contributed by atoms with Crippen LogP contribution in [0.15, 0.2) is 85.1 Å². The number of hydrogen-bond donors (Lipinski definition) is 1. The van der Waals surface area contributed by atoms with Crippen LogP contribution in [0.25, 0.3) is 0 Å². The van der Waals surface area contributed by atoms with Crippen molar-refractivity contribution in [1.82, 2.24) is 9.78 Å². The number of hydrogen-bond acceptors (Lipinski definition) is 3. The van der Waals surface area contributed by atoms with Crippen molar-refractivity contribution < 1.29 is 9.59 Å². The monoisotopic (exact) mass is 436 g/mol. The molecule has 5 rings (SSSR count). The average Bonchev–Trinajstić information content (AvgIpc) is 3.19. The largest absolute Gasteiger partial charge is 0.326 e. The minimum Gasteiger partial charge on any atom is -0.326 e. The van der Waals surface area contributed by atoms with Gasteiger partial charge in [0.05, 0.1) is 25.2 Å². The molecule has 2 amide bonds. The Hall–Kier alpha value is -4.19. The van der Waals surface area contributed by atoms with Crippen molar-refractivity contribution in [3.8, 4) is 0 Å². The van der Waals surface area contributed by atoms with Crippen molar-refractivity contribution in [3.05, 3.63) is 113 Å². The number of amides is 2. The number of para-hydroxylation sites is 1. The van der Waals surface area contributed by atoms with Gasteiger partial charge in [-0.05, 0) is 60.0 Å². The van der Waals surface area contributed by atoms with Gasteiger partial charge in [0.1, 0.15) is 0 Å². The normalized spacial score (nSPS) is 12.5. The van der Waals surface area contributed by atoms with Gasteiger partial charge in [0.2, 0.25) is 5.91 Å². The Bertz CT molecular complexity index is 1320. The summed E-state index contributed by atoms with van der Waals surface area (Å²) in [6.07, 6.45) is 2.08. The quantitative estimate of drug-likeness (QED) is 0.509. The van der Waals surface area contributed by atoms with Crippen LogP contribution >= 0.6 is 0 Å². The first kappa shape index (κ1) is 20.7. The molecule has 1 aliphatic heterocycles. The maximum absolute atomic E-state index is 13.5. The van der Waals surface area contributed by atoms with Crippen LogP contribution in [0.5, 0.6) is 0 Å². The van der Waals surface area contributed by atoms with Crippen LogP contribution in [0.3, 0.4) is 0 Å². The van der Waals surface area contributed by atoms with Crippen molar-refractivity contribution in [2.45, 2.75) is 26.4 Å². The first-order chi connectivity index (χ1) is 16.1. The highest BCUT2D eigenvalue weighted by molar-refractivity contribution is 6.07. The molecule has 6 heteroatoms. The fourth-order valence-electron chi connectivity index (χ4n) is 4.17. The summed E-state index contributed by atoms with van der Waals surface area (Å²) in [5, 5.41) is 7.32. The van der Waals surface area contributed by atoms with Crippen LogP contribution in [0, 0.1) is 6.92 Å². The van der Waals surface area contributed by atoms with Crippen LogP contribution in [0.1, 0.15) is 32.7 Å². The molecule has 0 radical (unpaired) electrons. The highest BCUT2D eigenvalue weighted by Gasteiger charge is 2.25. The minimum atomic E-state index is -0.0881. The van der Waals surface area contributed by atoms with Crippen molar-refractivity contribution in [3.63, 3.8) is 0 Å². The Morgan fingerprint density at radius 1 is 0.909 bits per heavy atom. The van der Waals surface area contributed by atoms with Gasteiger partial charge in [0.25, 0.3) is 5.91 Å². The third-order valence-corrected chi connectivity index (χ3v) is 6.00. The number of aryl methyl sites for hydroxylation is 1. The Labute approximate surface area is 192 Å². The van der Waals surface area contributed by atoms with E-state index < -0.39 is 0 Å². The summed E-state index contributed by atoms with van der Waals surface area (Å²) < 4.78 is 1.93. The number of aromatic nitrogens is 2. The highest BCUT2D eigenvalue weighted by Crippen LogP contribution is 2.28. The Balaban J connectivity index is 1.33. The minimum absolute atomic E-state index is 0.0851. The third kappa shape index (κ3) is 4.28. The summed E-state index contributed by atoms with van der Waals surface area (Å²) in [6.45, 7) is 3.08. The number of carbonyl (C=O) groups is 2. The number of benzene rings is 3. The van der Waals surface area contributed by atoms with Crippen LogP contribution < -0.4 is 10.2 Å². The van der Waals surface area contributed by atoms with Crippen LogP contribution in [0.4, 0.5) is 11.4 Å². The van der Waals surface area contributed by atoms with Gasteiger partial charge in [-0.25, -0.2) is 0 Å². The van der Waals surface area contributed by atoms with Crippen molar-refractivity contribution in [1.29, 1.82) is 0 Å².